The first-order valence-corrected chi connectivity index (χ1v) is 8.19. The Labute approximate surface area is 130 Å². The number of hydrogen-bond acceptors (Lipinski definition) is 3. The molecule has 0 fully saturated rings. The molecule has 0 N–H and O–H groups in total. The van der Waals surface area contributed by atoms with E-state index in [9.17, 15) is 0 Å². The van der Waals surface area contributed by atoms with E-state index in [1.807, 2.05) is 30.9 Å². The molecule has 0 atom stereocenters. The third kappa shape index (κ3) is 2.36. The minimum absolute atomic E-state index is 0.829. The molecule has 20 heavy (non-hydrogen) atoms. The number of halogens is 1. The monoisotopic (exact) mass is 347 g/mol. The highest BCUT2D eigenvalue weighted by atomic mass is 79.9. The van der Waals surface area contributed by atoms with E-state index < -0.39 is 0 Å². The fourth-order valence-corrected chi connectivity index (χ4v) is 3.32. The summed E-state index contributed by atoms with van der Waals surface area (Å²) in [6.07, 6.45) is 0. The molecule has 3 nitrogen and oxygen atoms in total. The van der Waals surface area contributed by atoms with Crippen LogP contribution in [0.1, 0.15) is 6.92 Å². The normalized spacial score (nSPS) is 11.2. The average Bonchev–Trinajstić information content (AvgIpc) is 2.77. The quantitative estimate of drug-likeness (QED) is 0.515. The predicted molar refractivity (Wildman–Crippen MR) is 88.0 cm³/mol. The van der Waals surface area contributed by atoms with Crippen LogP contribution in [0, 0.1) is 0 Å². The molecule has 102 valence electrons. The van der Waals surface area contributed by atoms with E-state index in [4.69, 9.17) is 4.98 Å². The van der Waals surface area contributed by atoms with Crippen molar-refractivity contribution in [3.63, 3.8) is 0 Å². The van der Waals surface area contributed by atoms with Crippen LogP contribution in [0.5, 0.6) is 0 Å². The van der Waals surface area contributed by atoms with E-state index in [-0.39, 0.29) is 0 Å². The van der Waals surface area contributed by atoms with Crippen molar-refractivity contribution >= 4 is 38.9 Å². The van der Waals surface area contributed by atoms with Crippen LogP contribution in [-0.4, -0.2) is 20.3 Å². The molecule has 2 heterocycles. The zero-order chi connectivity index (χ0) is 14.1. The van der Waals surface area contributed by atoms with Gasteiger partial charge in [-0.2, -0.15) is 0 Å². The van der Waals surface area contributed by atoms with Crippen molar-refractivity contribution in [2.24, 2.45) is 7.05 Å². The Hall–Kier alpha value is -1.33. The molecule has 0 radical (unpaired) electrons. The van der Waals surface area contributed by atoms with Crippen molar-refractivity contribution in [1.29, 1.82) is 0 Å². The van der Waals surface area contributed by atoms with Gasteiger partial charge in [-0.25, -0.2) is 9.97 Å². The standard InChI is InChI=1S/C15H14BrN3S/c1-3-20-12-7-5-4-6-10(12)14-17-11-8-9-13(16)18-15(11)19(14)2/h4-9H,3H2,1-2H3. The summed E-state index contributed by atoms with van der Waals surface area (Å²) in [7, 11) is 2.01. The summed E-state index contributed by atoms with van der Waals surface area (Å²) in [4.78, 5) is 10.5. The van der Waals surface area contributed by atoms with Crippen LogP contribution < -0.4 is 0 Å². The van der Waals surface area contributed by atoms with E-state index in [0.717, 1.165) is 32.9 Å². The first kappa shape index (κ1) is 13.6. The lowest BCUT2D eigenvalue weighted by molar-refractivity contribution is 0.936. The van der Waals surface area contributed by atoms with Crippen molar-refractivity contribution in [1.82, 2.24) is 14.5 Å². The molecule has 5 heteroatoms. The molecule has 3 rings (SSSR count). The first-order chi connectivity index (χ1) is 9.70. The van der Waals surface area contributed by atoms with E-state index in [0.29, 0.717) is 0 Å². The number of pyridine rings is 1. The summed E-state index contributed by atoms with van der Waals surface area (Å²) in [5, 5.41) is 0. The highest BCUT2D eigenvalue weighted by molar-refractivity contribution is 9.10. The summed E-state index contributed by atoms with van der Waals surface area (Å²) in [6.45, 7) is 2.16. The van der Waals surface area contributed by atoms with Crippen LogP contribution in [0.2, 0.25) is 0 Å². The molecule has 0 saturated carbocycles. The van der Waals surface area contributed by atoms with Gasteiger partial charge in [0.2, 0.25) is 0 Å². The highest BCUT2D eigenvalue weighted by Crippen LogP contribution is 2.32. The number of thioether (sulfide) groups is 1. The molecule has 0 saturated heterocycles. The van der Waals surface area contributed by atoms with E-state index >= 15 is 0 Å². The van der Waals surface area contributed by atoms with Crippen molar-refractivity contribution in [2.45, 2.75) is 11.8 Å². The third-order valence-electron chi connectivity index (χ3n) is 3.11. The number of aryl methyl sites for hydroxylation is 1. The summed E-state index contributed by atoms with van der Waals surface area (Å²) >= 11 is 5.25. The molecular formula is C15H14BrN3S. The number of aromatic nitrogens is 3. The van der Waals surface area contributed by atoms with Crippen molar-refractivity contribution in [2.75, 3.05) is 5.75 Å². The van der Waals surface area contributed by atoms with Crippen LogP contribution in [0.15, 0.2) is 45.9 Å². The Bertz CT molecular complexity index is 767. The molecule has 3 aromatic rings. The summed E-state index contributed by atoms with van der Waals surface area (Å²) < 4.78 is 2.88. The van der Waals surface area contributed by atoms with Gasteiger partial charge in [-0.1, -0.05) is 25.1 Å². The van der Waals surface area contributed by atoms with Gasteiger partial charge in [0, 0.05) is 17.5 Å². The zero-order valence-electron chi connectivity index (χ0n) is 11.3. The average molecular weight is 348 g/mol. The molecule has 2 aromatic heterocycles. The van der Waals surface area contributed by atoms with Gasteiger partial charge < -0.3 is 4.57 Å². The summed E-state index contributed by atoms with van der Waals surface area (Å²) in [5.74, 6) is 2.01. The Morgan fingerprint density at radius 3 is 2.75 bits per heavy atom. The van der Waals surface area contributed by atoms with E-state index in [1.54, 1.807) is 0 Å². The second-order valence-corrected chi connectivity index (χ2v) is 6.52. The lowest BCUT2D eigenvalue weighted by Crippen LogP contribution is -1.95. The Balaban J connectivity index is 2.22. The fraction of sp³-hybridized carbons (Fsp3) is 0.200. The molecule has 0 aliphatic heterocycles. The van der Waals surface area contributed by atoms with Crippen molar-refractivity contribution in [3.8, 4) is 11.4 Å². The number of hydrogen-bond donors (Lipinski definition) is 0. The maximum absolute atomic E-state index is 4.73. The topological polar surface area (TPSA) is 30.7 Å². The fourth-order valence-electron chi connectivity index (χ4n) is 2.22. The van der Waals surface area contributed by atoms with E-state index in [1.165, 1.54) is 4.90 Å². The van der Waals surface area contributed by atoms with Crippen molar-refractivity contribution < 1.29 is 0 Å². The predicted octanol–water partition coefficient (Wildman–Crippen LogP) is 4.51. The molecule has 0 amide bonds. The first-order valence-electron chi connectivity index (χ1n) is 6.42. The van der Waals surface area contributed by atoms with Gasteiger partial charge in [0.15, 0.2) is 5.65 Å². The van der Waals surface area contributed by atoms with Crippen LogP contribution in [0.3, 0.4) is 0 Å². The smallest absolute Gasteiger partial charge is 0.161 e. The molecule has 0 aliphatic carbocycles. The van der Waals surface area contributed by atoms with Crippen LogP contribution >= 0.6 is 27.7 Å². The van der Waals surface area contributed by atoms with Crippen LogP contribution in [0.4, 0.5) is 0 Å². The maximum Gasteiger partial charge on any atom is 0.161 e. The van der Waals surface area contributed by atoms with Crippen LogP contribution in [-0.2, 0) is 7.05 Å². The number of benzene rings is 1. The second kappa shape index (κ2) is 5.58. The van der Waals surface area contributed by atoms with Gasteiger partial charge in [0.05, 0.1) is 0 Å². The third-order valence-corrected chi connectivity index (χ3v) is 4.51. The zero-order valence-corrected chi connectivity index (χ0v) is 13.7. The van der Waals surface area contributed by atoms with Gasteiger partial charge in [-0.15, -0.1) is 11.8 Å². The molecule has 0 spiro atoms. The molecule has 0 bridgehead atoms. The molecule has 1 aromatic carbocycles. The molecular weight excluding hydrogens is 334 g/mol. The van der Waals surface area contributed by atoms with Gasteiger partial charge in [0.1, 0.15) is 15.9 Å². The van der Waals surface area contributed by atoms with Gasteiger partial charge in [0.25, 0.3) is 0 Å². The van der Waals surface area contributed by atoms with Gasteiger partial charge in [-0.05, 0) is 39.9 Å². The SMILES string of the molecule is CCSc1ccccc1-c1nc2ccc(Br)nc2n1C. The number of fused-ring (bicyclic) bond motifs is 1. The Morgan fingerprint density at radius 1 is 1.15 bits per heavy atom. The highest BCUT2D eigenvalue weighted by Gasteiger charge is 2.14. The Kier molecular flexibility index (Phi) is 3.81. The minimum Gasteiger partial charge on any atom is -0.312 e. The van der Waals surface area contributed by atoms with Crippen molar-refractivity contribution in [3.05, 3.63) is 41.0 Å². The van der Waals surface area contributed by atoms with Gasteiger partial charge >= 0.3 is 0 Å². The largest absolute Gasteiger partial charge is 0.312 e. The second-order valence-electron chi connectivity index (χ2n) is 4.40. The molecule has 0 unspecified atom stereocenters. The minimum atomic E-state index is 0.829. The lowest BCUT2D eigenvalue weighted by Gasteiger charge is -2.07. The number of nitrogens with zero attached hydrogens (tertiary/aromatic N) is 3. The summed E-state index contributed by atoms with van der Waals surface area (Å²) in [6, 6.07) is 12.3. The summed E-state index contributed by atoms with van der Waals surface area (Å²) in [5.41, 5.74) is 2.98. The maximum atomic E-state index is 4.73. The Morgan fingerprint density at radius 2 is 1.95 bits per heavy atom. The van der Waals surface area contributed by atoms with Crippen LogP contribution in [0.25, 0.3) is 22.6 Å². The number of imidazole rings is 1. The number of rotatable bonds is 3. The molecule has 0 aliphatic rings. The van der Waals surface area contributed by atoms with Gasteiger partial charge in [-0.3, -0.25) is 0 Å². The lowest BCUT2D eigenvalue weighted by atomic mass is 10.2. The van der Waals surface area contributed by atoms with E-state index in [2.05, 4.69) is 56.7 Å².